The second-order valence-electron chi connectivity index (χ2n) is 4.99. The van der Waals surface area contributed by atoms with Crippen LogP contribution in [0, 0.1) is 6.92 Å². The SMILES string of the molecule is CCCCOCCOCCOCCNc1cccc(C)c1. The fraction of sp³-hybridized carbons (Fsp3) is 0.647. The monoisotopic (exact) mass is 295 g/mol. The molecule has 0 aliphatic rings. The Kier molecular flexibility index (Phi) is 10.8. The first-order valence-corrected chi connectivity index (χ1v) is 7.86. The number of aryl methyl sites for hydroxylation is 1. The minimum atomic E-state index is 0.627. The molecule has 1 aromatic carbocycles. The molecule has 0 aliphatic carbocycles. The molecule has 0 bridgehead atoms. The van der Waals surface area contributed by atoms with Gasteiger partial charge in [0, 0.05) is 18.8 Å². The molecule has 4 nitrogen and oxygen atoms in total. The van der Waals surface area contributed by atoms with E-state index in [1.165, 1.54) is 12.0 Å². The van der Waals surface area contributed by atoms with Crippen molar-refractivity contribution in [2.24, 2.45) is 0 Å². The molecule has 0 aromatic heterocycles. The lowest BCUT2D eigenvalue weighted by atomic mass is 10.2. The van der Waals surface area contributed by atoms with Crippen molar-refractivity contribution in [1.29, 1.82) is 0 Å². The van der Waals surface area contributed by atoms with Gasteiger partial charge in [-0.1, -0.05) is 25.5 Å². The van der Waals surface area contributed by atoms with E-state index in [-0.39, 0.29) is 0 Å². The lowest BCUT2D eigenvalue weighted by Gasteiger charge is -2.08. The van der Waals surface area contributed by atoms with E-state index >= 15 is 0 Å². The smallest absolute Gasteiger partial charge is 0.0701 e. The molecule has 1 aromatic rings. The van der Waals surface area contributed by atoms with Crippen LogP contribution in [0.1, 0.15) is 25.3 Å². The molecule has 1 N–H and O–H groups in total. The number of rotatable bonds is 13. The first-order chi connectivity index (χ1) is 10.3. The predicted molar refractivity (Wildman–Crippen MR) is 87.0 cm³/mol. The first kappa shape index (κ1) is 18.0. The van der Waals surface area contributed by atoms with Gasteiger partial charge in [-0.2, -0.15) is 0 Å². The third kappa shape index (κ3) is 10.3. The Hall–Kier alpha value is -1.10. The van der Waals surface area contributed by atoms with Gasteiger partial charge in [0.25, 0.3) is 0 Å². The van der Waals surface area contributed by atoms with E-state index in [2.05, 4.69) is 43.4 Å². The lowest BCUT2D eigenvalue weighted by molar-refractivity contribution is 0.0159. The minimum absolute atomic E-state index is 0.627. The average Bonchev–Trinajstić information content (AvgIpc) is 2.48. The zero-order chi connectivity index (χ0) is 15.2. The van der Waals surface area contributed by atoms with Gasteiger partial charge >= 0.3 is 0 Å². The van der Waals surface area contributed by atoms with Crippen molar-refractivity contribution in [3.63, 3.8) is 0 Å². The van der Waals surface area contributed by atoms with Gasteiger partial charge in [-0.05, 0) is 31.0 Å². The molecule has 120 valence electrons. The molecular weight excluding hydrogens is 266 g/mol. The fourth-order valence-electron chi connectivity index (χ4n) is 1.81. The Labute approximate surface area is 128 Å². The maximum absolute atomic E-state index is 5.50. The van der Waals surface area contributed by atoms with Gasteiger partial charge in [-0.3, -0.25) is 0 Å². The van der Waals surface area contributed by atoms with Crippen LogP contribution in [0.25, 0.3) is 0 Å². The van der Waals surface area contributed by atoms with Crippen LogP contribution in [-0.4, -0.2) is 46.2 Å². The minimum Gasteiger partial charge on any atom is -0.383 e. The van der Waals surface area contributed by atoms with E-state index in [0.29, 0.717) is 33.0 Å². The highest BCUT2D eigenvalue weighted by Gasteiger charge is 1.93. The molecule has 0 aliphatic heterocycles. The summed E-state index contributed by atoms with van der Waals surface area (Å²) in [5.74, 6) is 0. The molecule has 0 saturated carbocycles. The van der Waals surface area contributed by atoms with Crippen molar-refractivity contribution < 1.29 is 14.2 Å². The van der Waals surface area contributed by atoms with Crippen LogP contribution < -0.4 is 5.32 Å². The van der Waals surface area contributed by atoms with Crippen LogP contribution in [0.15, 0.2) is 24.3 Å². The maximum atomic E-state index is 5.50. The summed E-state index contributed by atoms with van der Waals surface area (Å²) >= 11 is 0. The van der Waals surface area contributed by atoms with Gasteiger partial charge in [-0.15, -0.1) is 0 Å². The van der Waals surface area contributed by atoms with E-state index in [9.17, 15) is 0 Å². The molecular formula is C17H29NO3. The van der Waals surface area contributed by atoms with Crippen LogP contribution >= 0.6 is 0 Å². The summed E-state index contributed by atoms with van der Waals surface area (Å²) in [5.41, 5.74) is 2.40. The topological polar surface area (TPSA) is 39.7 Å². The molecule has 0 atom stereocenters. The van der Waals surface area contributed by atoms with Gasteiger partial charge in [0.05, 0.1) is 33.0 Å². The van der Waals surface area contributed by atoms with Gasteiger partial charge in [-0.25, -0.2) is 0 Å². The Morgan fingerprint density at radius 2 is 1.57 bits per heavy atom. The zero-order valence-corrected chi connectivity index (χ0v) is 13.4. The molecule has 0 unspecified atom stereocenters. The molecule has 0 radical (unpaired) electrons. The molecule has 0 fully saturated rings. The molecule has 0 saturated heterocycles. The zero-order valence-electron chi connectivity index (χ0n) is 13.4. The molecule has 1 rings (SSSR count). The number of hydrogen-bond acceptors (Lipinski definition) is 4. The quantitative estimate of drug-likeness (QED) is 0.567. The molecule has 4 heteroatoms. The molecule has 0 spiro atoms. The summed E-state index contributed by atoms with van der Waals surface area (Å²) in [6.07, 6.45) is 2.29. The van der Waals surface area contributed by atoms with Crippen molar-refractivity contribution in [3.8, 4) is 0 Å². The number of anilines is 1. The normalized spacial score (nSPS) is 10.8. The predicted octanol–water partition coefficient (Wildman–Crippen LogP) is 3.26. The van der Waals surface area contributed by atoms with Gasteiger partial charge in [0.1, 0.15) is 0 Å². The van der Waals surface area contributed by atoms with E-state index < -0.39 is 0 Å². The maximum Gasteiger partial charge on any atom is 0.0701 e. The number of hydrogen-bond donors (Lipinski definition) is 1. The van der Waals surface area contributed by atoms with Crippen molar-refractivity contribution in [2.75, 3.05) is 51.5 Å². The summed E-state index contributed by atoms with van der Waals surface area (Å²) in [4.78, 5) is 0. The van der Waals surface area contributed by atoms with E-state index in [4.69, 9.17) is 14.2 Å². The van der Waals surface area contributed by atoms with Crippen LogP contribution in [0.5, 0.6) is 0 Å². The summed E-state index contributed by atoms with van der Waals surface area (Å²) in [5, 5.41) is 3.33. The second-order valence-corrected chi connectivity index (χ2v) is 4.99. The third-order valence-corrected chi connectivity index (χ3v) is 2.98. The third-order valence-electron chi connectivity index (χ3n) is 2.98. The van der Waals surface area contributed by atoms with Crippen LogP contribution in [0.4, 0.5) is 5.69 Å². The van der Waals surface area contributed by atoms with Crippen LogP contribution in [0.2, 0.25) is 0 Å². The standard InChI is InChI=1S/C17H29NO3/c1-3-4-9-19-11-13-21-14-12-20-10-8-18-17-7-5-6-16(2)15-17/h5-7,15,18H,3-4,8-14H2,1-2H3. The second kappa shape index (κ2) is 12.6. The van der Waals surface area contributed by atoms with Gasteiger partial charge in [0.15, 0.2) is 0 Å². The molecule has 0 amide bonds. The van der Waals surface area contributed by atoms with Gasteiger partial charge in [0.2, 0.25) is 0 Å². The average molecular weight is 295 g/mol. The Morgan fingerprint density at radius 3 is 2.24 bits per heavy atom. The number of nitrogens with one attached hydrogen (secondary N) is 1. The Morgan fingerprint density at radius 1 is 0.905 bits per heavy atom. The van der Waals surface area contributed by atoms with Crippen molar-refractivity contribution in [3.05, 3.63) is 29.8 Å². The summed E-state index contributed by atoms with van der Waals surface area (Å²) in [6, 6.07) is 8.33. The Balaban J connectivity index is 1.82. The Bertz CT molecular complexity index is 358. The highest BCUT2D eigenvalue weighted by molar-refractivity contribution is 5.45. The van der Waals surface area contributed by atoms with E-state index in [1.54, 1.807) is 0 Å². The van der Waals surface area contributed by atoms with Gasteiger partial charge < -0.3 is 19.5 Å². The number of ether oxygens (including phenoxy) is 3. The number of benzene rings is 1. The largest absolute Gasteiger partial charge is 0.383 e. The number of unbranched alkanes of at least 4 members (excludes halogenated alkanes) is 1. The van der Waals surface area contributed by atoms with E-state index in [0.717, 1.165) is 25.3 Å². The lowest BCUT2D eigenvalue weighted by Crippen LogP contribution is -2.14. The van der Waals surface area contributed by atoms with Crippen molar-refractivity contribution >= 4 is 5.69 Å². The molecule has 21 heavy (non-hydrogen) atoms. The summed E-state index contributed by atoms with van der Waals surface area (Å²) in [7, 11) is 0. The van der Waals surface area contributed by atoms with Crippen molar-refractivity contribution in [2.45, 2.75) is 26.7 Å². The van der Waals surface area contributed by atoms with E-state index in [1.807, 2.05) is 0 Å². The van der Waals surface area contributed by atoms with Crippen LogP contribution in [0.3, 0.4) is 0 Å². The van der Waals surface area contributed by atoms with Crippen LogP contribution in [-0.2, 0) is 14.2 Å². The summed E-state index contributed by atoms with van der Waals surface area (Å²) in [6.45, 7) is 9.15. The highest BCUT2D eigenvalue weighted by atomic mass is 16.5. The summed E-state index contributed by atoms with van der Waals surface area (Å²) < 4.78 is 16.3. The van der Waals surface area contributed by atoms with Crippen molar-refractivity contribution in [1.82, 2.24) is 0 Å². The first-order valence-electron chi connectivity index (χ1n) is 7.86. The fourth-order valence-corrected chi connectivity index (χ4v) is 1.81. The molecule has 0 heterocycles. The highest BCUT2D eigenvalue weighted by Crippen LogP contribution is 2.08.